The largest absolute Gasteiger partial charge is 0.421 e. The van der Waals surface area contributed by atoms with Gasteiger partial charge in [0.25, 0.3) is 0 Å². The third-order valence-electron chi connectivity index (χ3n) is 5.76. The summed E-state index contributed by atoms with van der Waals surface area (Å²) in [5.41, 5.74) is 4.74. The molecule has 3 aromatic rings. The number of hydrogen-bond acceptors (Lipinski definition) is 4. The highest BCUT2D eigenvalue weighted by atomic mass is 16.4. The molecule has 29 heavy (non-hydrogen) atoms. The molecular weight excluding hydrogens is 362 g/mol. The smallest absolute Gasteiger partial charge is 0.247 e. The number of rotatable bonds is 6. The SMILES string of the molecule is Cc1ccc(C2CCCN2C(=O)CCCc2nnc(-c3ccccc3)o2)cc1C. The Morgan fingerprint density at radius 2 is 1.93 bits per heavy atom. The maximum absolute atomic E-state index is 12.9. The highest BCUT2D eigenvalue weighted by Crippen LogP contribution is 2.33. The van der Waals surface area contributed by atoms with E-state index < -0.39 is 0 Å². The maximum atomic E-state index is 12.9. The Labute approximate surface area is 171 Å². The summed E-state index contributed by atoms with van der Waals surface area (Å²) < 4.78 is 5.74. The monoisotopic (exact) mass is 389 g/mol. The highest BCUT2D eigenvalue weighted by Gasteiger charge is 2.29. The third-order valence-corrected chi connectivity index (χ3v) is 5.76. The molecule has 0 radical (unpaired) electrons. The molecular formula is C24H27N3O2. The summed E-state index contributed by atoms with van der Waals surface area (Å²) in [5.74, 6) is 1.33. The molecule has 2 aromatic carbocycles. The maximum Gasteiger partial charge on any atom is 0.247 e. The molecule has 150 valence electrons. The Kier molecular flexibility index (Phi) is 5.74. The van der Waals surface area contributed by atoms with Crippen molar-refractivity contribution in [2.24, 2.45) is 0 Å². The Balaban J connectivity index is 1.33. The molecule has 0 saturated carbocycles. The van der Waals surface area contributed by atoms with Gasteiger partial charge in [-0.25, -0.2) is 0 Å². The highest BCUT2D eigenvalue weighted by molar-refractivity contribution is 5.77. The van der Waals surface area contributed by atoms with Crippen LogP contribution in [0.15, 0.2) is 52.9 Å². The van der Waals surface area contributed by atoms with Crippen LogP contribution >= 0.6 is 0 Å². The van der Waals surface area contributed by atoms with Crippen molar-refractivity contribution in [2.45, 2.75) is 52.0 Å². The number of carbonyl (C=O) groups excluding carboxylic acids is 1. The van der Waals surface area contributed by atoms with Crippen molar-refractivity contribution < 1.29 is 9.21 Å². The van der Waals surface area contributed by atoms with E-state index in [1.165, 1.54) is 16.7 Å². The number of nitrogens with zero attached hydrogens (tertiary/aromatic N) is 3. The van der Waals surface area contributed by atoms with Gasteiger partial charge in [-0.1, -0.05) is 36.4 Å². The zero-order chi connectivity index (χ0) is 20.2. The molecule has 1 fully saturated rings. The number of aryl methyl sites for hydroxylation is 3. The molecule has 1 aliphatic rings. The van der Waals surface area contributed by atoms with Crippen LogP contribution in [0.2, 0.25) is 0 Å². The number of hydrogen-bond donors (Lipinski definition) is 0. The first kappa shape index (κ1) is 19.4. The van der Waals surface area contributed by atoms with Crippen LogP contribution in [-0.2, 0) is 11.2 Å². The zero-order valence-corrected chi connectivity index (χ0v) is 17.1. The van der Waals surface area contributed by atoms with Crippen LogP contribution in [0.25, 0.3) is 11.5 Å². The average Bonchev–Trinajstić information content (AvgIpc) is 3.40. The first-order valence-corrected chi connectivity index (χ1v) is 10.4. The van der Waals surface area contributed by atoms with Gasteiger partial charge in [-0.05, 0) is 61.9 Å². The van der Waals surface area contributed by atoms with E-state index in [0.717, 1.165) is 24.9 Å². The van der Waals surface area contributed by atoms with Crippen LogP contribution in [0.5, 0.6) is 0 Å². The van der Waals surface area contributed by atoms with Crippen molar-refractivity contribution in [1.82, 2.24) is 15.1 Å². The molecule has 1 aliphatic heterocycles. The summed E-state index contributed by atoms with van der Waals surface area (Å²) in [4.78, 5) is 14.9. The quantitative estimate of drug-likeness (QED) is 0.593. The summed E-state index contributed by atoms with van der Waals surface area (Å²) in [6.07, 6.45) is 3.94. The topological polar surface area (TPSA) is 59.2 Å². The summed E-state index contributed by atoms with van der Waals surface area (Å²) in [7, 11) is 0. The van der Waals surface area contributed by atoms with E-state index >= 15 is 0 Å². The Morgan fingerprint density at radius 3 is 2.72 bits per heavy atom. The average molecular weight is 389 g/mol. The number of likely N-dealkylation sites (tertiary alicyclic amines) is 1. The van der Waals surface area contributed by atoms with Crippen LogP contribution in [0.4, 0.5) is 0 Å². The fourth-order valence-electron chi connectivity index (χ4n) is 3.97. The minimum absolute atomic E-state index is 0.204. The van der Waals surface area contributed by atoms with Gasteiger partial charge in [-0.3, -0.25) is 4.79 Å². The van der Waals surface area contributed by atoms with Crippen LogP contribution in [0, 0.1) is 13.8 Å². The van der Waals surface area contributed by atoms with Gasteiger partial charge < -0.3 is 9.32 Å². The standard InChI is InChI=1S/C24H27N3O2/c1-17-13-14-20(16-18(17)2)21-10-7-15-27(21)23(28)12-6-11-22-25-26-24(29-22)19-8-4-3-5-9-19/h3-5,8-9,13-14,16,21H,6-7,10-12,15H2,1-2H3. The second kappa shape index (κ2) is 8.60. The summed E-state index contributed by atoms with van der Waals surface area (Å²) in [6.45, 7) is 5.10. The third kappa shape index (κ3) is 4.39. The van der Waals surface area contributed by atoms with Gasteiger partial charge in [-0.15, -0.1) is 10.2 Å². The summed E-state index contributed by atoms with van der Waals surface area (Å²) >= 11 is 0. The van der Waals surface area contributed by atoms with Gasteiger partial charge in [-0.2, -0.15) is 0 Å². The van der Waals surface area contributed by atoms with Crippen molar-refractivity contribution in [2.75, 3.05) is 6.54 Å². The lowest BCUT2D eigenvalue weighted by molar-refractivity contribution is -0.132. The number of aromatic nitrogens is 2. The van der Waals surface area contributed by atoms with Gasteiger partial charge in [0, 0.05) is 24.9 Å². The van der Waals surface area contributed by atoms with Gasteiger partial charge in [0.15, 0.2) is 0 Å². The molecule has 1 aromatic heterocycles. The first-order chi connectivity index (χ1) is 14.1. The van der Waals surface area contributed by atoms with E-state index in [4.69, 9.17) is 4.42 Å². The van der Waals surface area contributed by atoms with Crippen molar-refractivity contribution in [3.63, 3.8) is 0 Å². The molecule has 1 saturated heterocycles. The number of benzene rings is 2. The second-order valence-electron chi connectivity index (χ2n) is 7.81. The minimum Gasteiger partial charge on any atom is -0.421 e. The van der Waals surface area contributed by atoms with E-state index in [2.05, 4.69) is 42.2 Å². The van der Waals surface area contributed by atoms with E-state index in [0.29, 0.717) is 31.0 Å². The van der Waals surface area contributed by atoms with E-state index in [1.807, 2.05) is 35.2 Å². The predicted molar refractivity (Wildman–Crippen MR) is 112 cm³/mol. The lowest BCUT2D eigenvalue weighted by Crippen LogP contribution is -2.30. The van der Waals surface area contributed by atoms with Crippen molar-refractivity contribution in [3.8, 4) is 11.5 Å². The molecule has 2 heterocycles. The molecule has 0 bridgehead atoms. The molecule has 1 unspecified atom stereocenters. The summed E-state index contributed by atoms with van der Waals surface area (Å²) in [5, 5.41) is 8.24. The number of carbonyl (C=O) groups is 1. The molecule has 0 N–H and O–H groups in total. The normalized spacial score (nSPS) is 16.3. The van der Waals surface area contributed by atoms with Crippen molar-refractivity contribution >= 4 is 5.91 Å². The molecule has 5 nitrogen and oxygen atoms in total. The zero-order valence-electron chi connectivity index (χ0n) is 17.1. The van der Waals surface area contributed by atoms with Crippen molar-refractivity contribution in [1.29, 1.82) is 0 Å². The van der Waals surface area contributed by atoms with Gasteiger partial charge in [0.1, 0.15) is 0 Å². The van der Waals surface area contributed by atoms with E-state index in [1.54, 1.807) is 0 Å². The molecule has 1 amide bonds. The van der Waals surface area contributed by atoms with Crippen molar-refractivity contribution in [3.05, 3.63) is 71.1 Å². The molecule has 0 aliphatic carbocycles. The molecule has 5 heteroatoms. The Hall–Kier alpha value is -2.95. The van der Waals surface area contributed by atoms with E-state index in [-0.39, 0.29) is 11.9 Å². The molecule has 0 spiro atoms. The van der Waals surface area contributed by atoms with Crippen LogP contribution in [0.3, 0.4) is 0 Å². The van der Waals surface area contributed by atoms with Crippen LogP contribution in [-0.4, -0.2) is 27.5 Å². The Morgan fingerprint density at radius 1 is 1.10 bits per heavy atom. The lowest BCUT2D eigenvalue weighted by atomic mass is 9.99. The van der Waals surface area contributed by atoms with Gasteiger partial charge >= 0.3 is 0 Å². The van der Waals surface area contributed by atoms with Gasteiger partial charge in [0.2, 0.25) is 17.7 Å². The van der Waals surface area contributed by atoms with E-state index in [9.17, 15) is 4.79 Å². The first-order valence-electron chi connectivity index (χ1n) is 10.4. The molecule has 1 atom stereocenters. The lowest BCUT2D eigenvalue weighted by Gasteiger charge is -2.25. The summed E-state index contributed by atoms with van der Waals surface area (Å²) in [6, 6.07) is 16.5. The predicted octanol–water partition coefficient (Wildman–Crippen LogP) is 5.04. The minimum atomic E-state index is 0.204. The number of amides is 1. The van der Waals surface area contributed by atoms with Gasteiger partial charge in [0.05, 0.1) is 6.04 Å². The fourth-order valence-corrected chi connectivity index (χ4v) is 3.97. The molecule has 4 rings (SSSR count). The van der Waals surface area contributed by atoms with Crippen LogP contribution in [0.1, 0.15) is 54.3 Å². The van der Waals surface area contributed by atoms with Crippen LogP contribution < -0.4 is 0 Å². The second-order valence-corrected chi connectivity index (χ2v) is 7.81. The fraction of sp³-hybridized carbons (Fsp3) is 0.375. The Bertz CT molecular complexity index is 981.